The van der Waals surface area contributed by atoms with E-state index in [9.17, 15) is 8.78 Å². The molecule has 30 heavy (non-hydrogen) atoms. The fourth-order valence-electron chi connectivity index (χ4n) is 3.69. The van der Waals surface area contributed by atoms with Gasteiger partial charge >= 0.3 is 0 Å². The van der Waals surface area contributed by atoms with Crippen molar-refractivity contribution in [1.82, 2.24) is 29.3 Å². The molecule has 0 aliphatic rings. The predicted octanol–water partition coefficient (Wildman–Crippen LogP) is 4.43. The van der Waals surface area contributed by atoms with E-state index < -0.39 is 11.6 Å². The highest BCUT2D eigenvalue weighted by molar-refractivity contribution is 5.82. The summed E-state index contributed by atoms with van der Waals surface area (Å²) in [5, 5.41) is 3.32. The summed E-state index contributed by atoms with van der Waals surface area (Å²) in [6.07, 6.45) is 2.97. The summed E-state index contributed by atoms with van der Waals surface area (Å²) >= 11 is 0. The summed E-state index contributed by atoms with van der Waals surface area (Å²) in [4.78, 5) is 20.3. The van der Waals surface area contributed by atoms with Gasteiger partial charge in [0.1, 0.15) is 29.1 Å². The maximum atomic E-state index is 14.0. The number of hydrogen-bond acceptors (Lipinski definition) is 5. The predicted molar refractivity (Wildman–Crippen MR) is 109 cm³/mol. The molecule has 0 aliphatic heterocycles. The van der Waals surface area contributed by atoms with Gasteiger partial charge in [0.2, 0.25) is 0 Å². The van der Waals surface area contributed by atoms with Gasteiger partial charge in [0.25, 0.3) is 0 Å². The molecule has 0 bridgehead atoms. The number of anilines is 1. The van der Waals surface area contributed by atoms with Gasteiger partial charge in [-0.25, -0.2) is 28.7 Å². The molecule has 0 spiro atoms. The Labute approximate surface area is 169 Å². The van der Waals surface area contributed by atoms with Crippen LogP contribution in [0.5, 0.6) is 0 Å². The van der Waals surface area contributed by atoms with E-state index in [0.29, 0.717) is 39.6 Å². The quantitative estimate of drug-likeness (QED) is 0.462. The molecule has 0 aliphatic carbocycles. The number of aromatic nitrogens is 6. The summed E-state index contributed by atoms with van der Waals surface area (Å²) < 4.78 is 29.9. The van der Waals surface area contributed by atoms with Crippen molar-refractivity contribution in [1.29, 1.82) is 0 Å². The van der Waals surface area contributed by atoms with Gasteiger partial charge in [-0.2, -0.15) is 0 Å². The Hall–Kier alpha value is -3.88. The molecule has 0 radical (unpaired) electrons. The van der Waals surface area contributed by atoms with Crippen molar-refractivity contribution in [2.75, 3.05) is 5.32 Å². The van der Waals surface area contributed by atoms with Crippen LogP contribution in [-0.4, -0.2) is 29.3 Å². The molecule has 1 atom stereocenters. The number of nitrogens with one attached hydrogen (secondary N) is 2. The molecule has 4 heterocycles. The summed E-state index contributed by atoms with van der Waals surface area (Å²) in [6.45, 7) is 3.84. The van der Waals surface area contributed by atoms with Gasteiger partial charge in [-0.05, 0) is 38.1 Å². The zero-order valence-electron chi connectivity index (χ0n) is 16.2. The lowest BCUT2D eigenvalue weighted by Gasteiger charge is -2.15. The van der Waals surface area contributed by atoms with Crippen molar-refractivity contribution in [3.63, 3.8) is 0 Å². The second-order valence-electron chi connectivity index (χ2n) is 7.05. The van der Waals surface area contributed by atoms with Crippen LogP contribution in [0.2, 0.25) is 0 Å². The van der Waals surface area contributed by atoms with Crippen LogP contribution in [0.1, 0.15) is 24.4 Å². The first kappa shape index (κ1) is 18.2. The average Bonchev–Trinajstić information content (AvgIpc) is 3.33. The molecule has 4 aromatic heterocycles. The Morgan fingerprint density at radius 3 is 2.67 bits per heavy atom. The standard InChI is InChI=1S/C21H17F2N7/c1-11-4-3-5-16-29-17(19(30(11)16)13-6-14(22)8-15(23)7-13)12(2)28-21-18-20(25-9-24-18)26-10-27-21/h3-10,12H,1-2H3,(H2,24,25,26,27,28). The smallest absolute Gasteiger partial charge is 0.182 e. The van der Waals surface area contributed by atoms with Crippen molar-refractivity contribution < 1.29 is 8.78 Å². The summed E-state index contributed by atoms with van der Waals surface area (Å²) in [5.74, 6) is -0.722. The van der Waals surface area contributed by atoms with Crippen LogP contribution in [0, 0.1) is 18.6 Å². The maximum absolute atomic E-state index is 14.0. The molecule has 0 fully saturated rings. The average molecular weight is 405 g/mol. The molecule has 150 valence electrons. The van der Waals surface area contributed by atoms with Gasteiger partial charge in [-0.1, -0.05) is 6.07 Å². The fourth-order valence-corrected chi connectivity index (χ4v) is 3.69. The van der Waals surface area contributed by atoms with Crippen LogP contribution in [0.25, 0.3) is 28.1 Å². The normalized spacial score (nSPS) is 12.5. The minimum Gasteiger partial charge on any atom is -0.360 e. The molecule has 0 amide bonds. The molecule has 0 saturated carbocycles. The Morgan fingerprint density at radius 1 is 1.07 bits per heavy atom. The third kappa shape index (κ3) is 2.95. The fraction of sp³-hybridized carbons (Fsp3) is 0.143. The third-order valence-corrected chi connectivity index (χ3v) is 4.99. The van der Waals surface area contributed by atoms with E-state index in [0.717, 1.165) is 11.8 Å². The number of halogens is 2. The van der Waals surface area contributed by atoms with Gasteiger partial charge in [-0.3, -0.25) is 4.40 Å². The van der Waals surface area contributed by atoms with E-state index in [2.05, 4.69) is 25.3 Å². The molecule has 0 saturated heterocycles. The number of fused-ring (bicyclic) bond motifs is 2. The number of imidazole rings is 2. The van der Waals surface area contributed by atoms with Gasteiger partial charge in [0, 0.05) is 17.3 Å². The van der Waals surface area contributed by atoms with Crippen LogP contribution >= 0.6 is 0 Å². The van der Waals surface area contributed by atoms with Crippen LogP contribution in [0.4, 0.5) is 14.6 Å². The minimum absolute atomic E-state index is 0.327. The zero-order chi connectivity index (χ0) is 20.8. The second kappa shape index (κ2) is 6.87. The topological polar surface area (TPSA) is 83.8 Å². The molecule has 9 heteroatoms. The van der Waals surface area contributed by atoms with Crippen LogP contribution in [0.3, 0.4) is 0 Å². The first-order valence-corrected chi connectivity index (χ1v) is 9.36. The van der Waals surface area contributed by atoms with Crippen LogP contribution in [-0.2, 0) is 0 Å². The molecule has 2 N–H and O–H groups in total. The first-order chi connectivity index (χ1) is 14.5. The number of pyridine rings is 1. The van der Waals surface area contributed by atoms with Gasteiger partial charge < -0.3 is 10.3 Å². The highest BCUT2D eigenvalue weighted by Gasteiger charge is 2.22. The van der Waals surface area contributed by atoms with E-state index >= 15 is 0 Å². The number of nitrogens with zero attached hydrogens (tertiary/aromatic N) is 5. The molecule has 1 aromatic carbocycles. The van der Waals surface area contributed by atoms with Crippen molar-refractivity contribution in [3.8, 4) is 11.3 Å². The summed E-state index contributed by atoms with van der Waals surface area (Å²) in [7, 11) is 0. The minimum atomic E-state index is -0.643. The Bertz CT molecular complexity index is 1370. The van der Waals surface area contributed by atoms with Crippen molar-refractivity contribution in [3.05, 3.63) is 72.1 Å². The lowest BCUT2D eigenvalue weighted by atomic mass is 10.1. The number of rotatable bonds is 4. The number of benzene rings is 1. The van der Waals surface area contributed by atoms with Gasteiger partial charge in [-0.15, -0.1) is 0 Å². The van der Waals surface area contributed by atoms with Gasteiger partial charge in [0.05, 0.1) is 23.8 Å². The highest BCUT2D eigenvalue weighted by Crippen LogP contribution is 2.33. The largest absolute Gasteiger partial charge is 0.360 e. The van der Waals surface area contributed by atoms with Crippen molar-refractivity contribution in [2.45, 2.75) is 19.9 Å². The molecular formula is C21H17F2N7. The molecular weight excluding hydrogens is 388 g/mol. The summed E-state index contributed by atoms with van der Waals surface area (Å²) in [5.41, 5.74) is 4.47. The number of hydrogen-bond donors (Lipinski definition) is 2. The first-order valence-electron chi connectivity index (χ1n) is 9.36. The van der Waals surface area contributed by atoms with E-state index in [1.807, 2.05) is 36.4 Å². The molecule has 5 aromatic rings. The monoisotopic (exact) mass is 405 g/mol. The molecule has 1 unspecified atom stereocenters. The van der Waals surface area contributed by atoms with E-state index in [1.165, 1.54) is 18.5 Å². The molecule has 5 rings (SSSR count). The number of aryl methyl sites for hydroxylation is 1. The third-order valence-electron chi connectivity index (χ3n) is 4.99. The van der Waals surface area contributed by atoms with Crippen molar-refractivity contribution >= 4 is 22.6 Å². The van der Waals surface area contributed by atoms with Crippen molar-refractivity contribution in [2.24, 2.45) is 0 Å². The number of aromatic amines is 1. The lowest BCUT2D eigenvalue weighted by Crippen LogP contribution is -2.10. The number of H-pyrrole nitrogens is 1. The zero-order valence-corrected chi connectivity index (χ0v) is 16.2. The SMILES string of the molecule is Cc1cccc2nc(C(C)Nc3ncnc4nc[nH]c34)c(-c3cc(F)cc(F)c3)n12. The Kier molecular flexibility index (Phi) is 4.16. The maximum Gasteiger partial charge on any atom is 0.182 e. The molecule has 7 nitrogen and oxygen atoms in total. The van der Waals surface area contributed by atoms with E-state index in [4.69, 9.17) is 4.98 Å². The van der Waals surface area contributed by atoms with Gasteiger partial charge in [0.15, 0.2) is 11.5 Å². The van der Waals surface area contributed by atoms with Crippen LogP contribution < -0.4 is 5.32 Å². The van der Waals surface area contributed by atoms with E-state index in [1.54, 1.807) is 6.33 Å². The second-order valence-corrected chi connectivity index (χ2v) is 7.05. The van der Waals surface area contributed by atoms with E-state index in [-0.39, 0.29) is 6.04 Å². The van der Waals surface area contributed by atoms with Crippen LogP contribution in [0.15, 0.2) is 49.1 Å². The Balaban J connectivity index is 1.68. The Morgan fingerprint density at radius 2 is 1.87 bits per heavy atom. The lowest BCUT2D eigenvalue weighted by molar-refractivity contribution is 0.584. The summed E-state index contributed by atoms with van der Waals surface area (Å²) in [6, 6.07) is 8.84. The highest BCUT2D eigenvalue weighted by atomic mass is 19.1.